The zero-order valence-electron chi connectivity index (χ0n) is 11.5. The van der Waals surface area contributed by atoms with E-state index < -0.39 is 0 Å². The largest absolute Gasteiger partial charge is 0.381 e. The van der Waals surface area contributed by atoms with Crippen LogP contribution >= 0.6 is 0 Å². The molecule has 0 amide bonds. The van der Waals surface area contributed by atoms with Gasteiger partial charge >= 0.3 is 0 Å². The van der Waals surface area contributed by atoms with E-state index in [4.69, 9.17) is 4.74 Å². The molecule has 0 saturated carbocycles. The summed E-state index contributed by atoms with van der Waals surface area (Å²) in [5.74, 6) is 1.12. The van der Waals surface area contributed by atoms with E-state index in [9.17, 15) is 0 Å². The van der Waals surface area contributed by atoms with Crippen LogP contribution in [0.5, 0.6) is 0 Å². The van der Waals surface area contributed by atoms with Crippen LogP contribution in [0.25, 0.3) is 0 Å². The van der Waals surface area contributed by atoms with Crippen molar-refractivity contribution in [3.63, 3.8) is 0 Å². The zero-order valence-corrected chi connectivity index (χ0v) is 11.5. The average molecular weight is 252 g/mol. The molecule has 18 heavy (non-hydrogen) atoms. The Morgan fingerprint density at radius 3 is 2.89 bits per heavy atom. The molecule has 1 aromatic heterocycles. The number of hydrogen-bond acceptors (Lipinski definition) is 4. The molecule has 0 aliphatic carbocycles. The molecule has 5 nitrogen and oxygen atoms in total. The lowest BCUT2D eigenvalue weighted by Gasteiger charge is -2.36. The number of aromatic nitrogens is 3. The van der Waals surface area contributed by atoms with Crippen LogP contribution in [0.2, 0.25) is 0 Å². The van der Waals surface area contributed by atoms with Gasteiger partial charge in [0.05, 0.1) is 0 Å². The van der Waals surface area contributed by atoms with Crippen molar-refractivity contribution >= 4 is 0 Å². The third-order valence-corrected chi connectivity index (χ3v) is 3.77. The Balaban J connectivity index is 2.09. The van der Waals surface area contributed by atoms with Crippen molar-refractivity contribution in [3.05, 3.63) is 12.2 Å². The van der Waals surface area contributed by atoms with Crippen LogP contribution < -0.4 is 5.32 Å². The standard InChI is InChI=1S/C13H24N4O/c1-3-6-17-12(15-11-16-17)9-13(10-14-2)4-7-18-8-5-13/h11,14H,3-10H2,1-2H3. The normalized spacial score (nSPS) is 19.0. The number of aryl methyl sites for hydroxylation is 1. The Morgan fingerprint density at radius 2 is 2.22 bits per heavy atom. The number of nitrogens with one attached hydrogen (secondary N) is 1. The Bertz CT molecular complexity index is 352. The minimum atomic E-state index is 0.283. The predicted octanol–water partition coefficient (Wildman–Crippen LogP) is 1.25. The van der Waals surface area contributed by atoms with Crippen molar-refractivity contribution in [3.8, 4) is 0 Å². The molecule has 2 rings (SSSR count). The van der Waals surface area contributed by atoms with Crippen LogP contribution in [0, 0.1) is 5.41 Å². The smallest absolute Gasteiger partial charge is 0.138 e. The molecule has 5 heteroatoms. The summed E-state index contributed by atoms with van der Waals surface area (Å²) in [6, 6.07) is 0. The molecular weight excluding hydrogens is 228 g/mol. The first-order valence-electron chi connectivity index (χ1n) is 6.89. The monoisotopic (exact) mass is 252 g/mol. The second-order valence-corrected chi connectivity index (χ2v) is 5.22. The molecule has 102 valence electrons. The number of hydrogen-bond donors (Lipinski definition) is 1. The molecule has 0 atom stereocenters. The van der Waals surface area contributed by atoms with E-state index in [-0.39, 0.29) is 5.41 Å². The van der Waals surface area contributed by atoms with Gasteiger partial charge in [0.25, 0.3) is 0 Å². The second kappa shape index (κ2) is 6.29. The SMILES string of the molecule is CCCn1ncnc1CC1(CNC)CCOCC1. The van der Waals surface area contributed by atoms with E-state index in [0.717, 1.165) is 57.8 Å². The molecule has 1 aliphatic rings. The summed E-state index contributed by atoms with van der Waals surface area (Å²) in [7, 11) is 2.02. The van der Waals surface area contributed by atoms with Crippen molar-refractivity contribution in [2.45, 2.75) is 39.2 Å². The zero-order chi connectivity index (χ0) is 12.8. The summed E-state index contributed by atoms with van der Waals surface area (Å²) in [6.07, 6.45) is 5.98. The molecule has 0 aromatic carbocycles. The maximum atomic E-state index is 5.50. The van der Waals surface area contributed by atoms with Crippen LogP contribution in [-0.2, 0) is 17.7 Å². The van der Waals surface area contributed by atoms with Crippen LogP contribution in [0.1, 0.15) is 32.0 Å². The maximum absolute atomic E-state index is 5.50. The van der Waals surface area contributed by atoms with E-state index in [1.807, 2.05) is 11.7 Å². The van der Waals surface area contributed by atoms with Gasteiger partial charge in [-0.05, 0) is 31.7 Å². The lowest BCUT2D eigenvalue weighted by Crippen LogP contribution is -2.40. The van der Waals surface area contributed by atoms with Gasteiger partial charge in [-0.3, -0.25) is 4.68 Å². The van der Waals surface area contributed by atoms with E-state index in [2.05, 4.69) is 22.3 Å². The summed E-state index contributed by atoms with van der Waals surface area (Å²) < 4.78 is 7.55. The van der Waals surface area contributed by atoms with Crippen LogP contribution in [0.3, 0.4) is 0 Å². The van der Waals surface area contributed by atoms with Gasteiger partial charge in [-0.25, -0.2) is 4.98 Å². The van der Waals surface area contributed by atoms with Crippen molar-refractivity contribution < 1.29 is 4.74 Å². The summed E-state index contributed by atoms with van der Waals surface area (Å²) in [5, 5.41) is 7.65. The van der Waals surface area contributed by atoms with Crippen LogP contribution in [0.15, 0.2) is 6.33 Å². The highest BCUT2D eigenvalue weighted by molar-refractivity contribution is 4.96. The van der Waals surface area contributed by atoms with Crippen molar-refractivity contribution in [2.75, 3.05) is 26.8 Å². The topological polar surface area (TPSA) is 52.0 Å². The molecule has 0 unspecified atom stereocenters. The minimum absolute atomic E-state index is 0.283. The Hall–Kier alpha value is -0.940. The van der Waals surface area contributed by atoms with Gasteiger partial charge < -0.3 is 10.1 Å². The molecular formula is C13H24N4O. The number of nitrogens with zero attached hydrogens (tertiary/aromatic N) is 3. The van der Waals surface area contributed by atoms with Crippen LogP contribution in [-0.4, -0.2) is 41.6 Å². The molecule has 1 saturated heterocycles. The second-order valence-electron chi connectivity index (χ2n) is 5.22. The highest BCUT2D eigenvalue weighted by atomic mass is 16.5. The van der Waals surface area contributed by atoms with Crippen molar-refractivity contribution in [2.24, 2.45) is 5.41 Å². The fraction of sp³-hybridized carbons (Fsp3) is 0.846. The summed E-state index contributed by atoms with van der Waals surface area (Å²) in [6.45, 7) is 5.88. The van der Waals surface area contributed by atoms with E-state index >= 15 is 0 Å². The van der Waals surface area contributed by atoms with Gasteiger partial charge in [-0.15, -0.1) is 0 Å². The van der Waals surface area contributed by atoms with Gasteiger partial charge in [0.2, 0.25) is 0 Å². The van der Waals surface area contributed by atoms with Crippen molar-refractivity contribution in [1.82, 2.24) is 20.1 Å². The third kappa shape index (κ3) is 3.09. The van der Waals surface area contributed by atoms with Gasteiger partial charge in [-0.2, -0.15) is 5.10 Å². The molecule has 0 radical (unpaired) electrons. The van der Waals surface area contributed by atoms with Crippen molar-refractivity contribution in [1.29, 1.82) is 0 Å². The minimum Gasteiger partial charge on any atom is -0.381 e. The summed E-state index contributed by atoms with van der Waals surface area (Å²) in [4.78, 5) is 4.44. The van der Waals surface area contributed by atoms with Gasteiger partial charge in [-0.1, -0.05) is 6.92 Å². The predicted molar refractivity (Wildman–Crippen MR) is 70.4 cm³/mol. The quantitative estimate of drug-likeness (QED) is 0.828. The number of rotatable bonds is 6. The Labute approximate surface area is 109 Å². The first kappa shape index (κ1) is 13.5. The van der Waals surface area contributed by atoms with Gasteiger partial charge in [0.1, 0.15) is 12.2 Å². The lowest BCUT2D eigenvalue weighted by atomic mass is 9.77. The Kier molecular flexibility index (Phi) is 4.72. The fourth-order valence-electron chi connectivity index (χ4n) is 2.75. The highest BCUT2D eigenvalue weighted by Crippen LogP contribution is 2.33. The molecule has 2 heterocycles. The molecule has 0 spiro atoms. The van der Waals surface area contributed by atoms with E-state index in [1.165, 1.54) is 0 Å². The molecule has 1 aliphatic heterocycles. The third-order valence-electron chi connectivity index (χ3n) is 3.77. The lowest BCUT2D eigenvalue weighted by molar-refractivity contribution is 0.0144. The van der Waals surface area contributed by atoms with Gasteiger partial charge in [0.15, 0.2) is 0 Å². The highest BCUT2D eigenvalue weighted by Gasteiger charge is 2.33. The van der Waals surface area contributed by atoms with E-state index in [0.29, 0.717) is 0 Å². The average Bonchev–Trinajstić information content (AvgIpc) is 2.78. The van der Waals surface area contributed by atoms with Gasteiger partial charge in [0, 0.05) is 32.7 Å². The Morgan fingerprint density at radius 1 is 1.44 bits per heavy atom. The molecule has 1 aromatic rings. The van der Waals surface area contributed by atoms with E-state index in [1.54, 1.807) is 6.33 Å². The first-order chi connectivity index (χ1) is 8.79. The molecule has 1 N–H and O–H groups in total. The molecule has 0 bridgehead atoms. The molecule has 1 fully saturated rings. The maximum Gasteiger partial charge on any atom is 0.138 e. The van der Waals surface area contributed by atoms with Crippen LogP contribution in [0.4, 0.5) is 0 Å². The summed E-state index contributed by atoms with van der Waals surface area (Å²) in [5.41, 5.74) is 0.283. The first-order valence-corrected chi connectivity index (χ1v) is 6.89. The fourth-order valence-corrected chi connectivity index (χ4v) is 2.75. The number of ether oxygens (including phenoxy) is 1. The summed E-state index contributed by atoms with van der Waals surface area (Å²) >= 11 is 0.